The summed E-state index contributed by atoms with van der Waals surface area (Å²) in [4.78, 5) is 6.53. The zero-order valence-electron chi connectivity index (χ0n) is 12.1. The second-order valence-electron chi connectivity index (χ2n) is 5.65. The Hall–Kier alpha value is -1.48. The zero-order chi connectivity index (χ0) is 16.0. The van der Waals surface area contributed by atoms with Gasteiger partial charge in [0.1, 0.15) is 23.6 Å². The Bertz CT molecular complexity index is 758. The van der Waals surface area contributed by atoms with Gasteiger partial charge in [0.25, 0.3) is 0 Å². The molecular formula is C16H14F2IN3O. The van der Waals surface area contributed by atoms with Crippen molar-refractivity contribution in [1.82, 2.24) is 4.98 Å². The van der Waals surface area contributed by atoms with Crippen LogP contribution in [0, 0.1) is 15.2 Å². The molecule has 1 fully saturated rings. The Balaban J connectivity index is 1.52. The molecular weight excluding hydrogens is 415 g/mol. The summed E-state index contributed by atoms with van der Waals surface area (Å²) in [5, 5.41) is 3.26. The van der Waals surface area contributed by atoms with Crippen molar-refractivity contribution in [3.8, 4) is 0 Å². The smallest absolute Gasteiger partial charge is 0.157 e. The molecule has 0 radical (unpaired) electrons. The minimum atomic E-state index is -0.426. The quantitative estimate of drug-likeness (QED) is 0.602. The lowest BCUT2D eigenvalue weighted by Crippen LogP contribution is -2.37. The van der Waals surface area contributed by atoms with Crippen molar-refractivity contribution < 1.29 is 13.5 Å². The summed E-state index contributed by atoms with van der Waals surface area (Å²) in [7, 11) is 0. The van der Waals surface area contributed by atoms with Gasteiger partial charge in [0.2, 0.25) is 0 Å². The maximum atomic E-state index is 13.8. The van der Waals surface area contributed by atoms with Crippen molar-refractivity contribution in [2.45, 2.75) is 18.8 Å². The first-order chi connectivity index (χ1) is 11.1. The fourth-order valence-corrected chi connectivity index (χ4v) is 3.37. The molecule has 2 aromatic rings. The van der Waals surface area contributed by atoms with E-state index in [2.05, 4.69) is 43.9 Å². The van der Waals surface area contributed by atoms with E-state index in [1.807, 2.05) is 6.20 Å². The number of hydrogen-bond acceptors (Lipinski definition) is 4. The summed E-state index contributed by atoms with van der Waals surface area (Å²) < 4.78 is 33.8. The number of pyridine rings is 1. The van der Waals surface area contributed by atoms with Gasteiger partial charge in [-0.3, -0.25) is 0 Å². The molecule has 23 heavy (non-hydrogen) atoms. The Kier molecular flexibility index (Phi) is 3.84. The molecule has 0 amide bonds. The highest BCUT2D eigenvalue weighted by atomic mass is 127. The van der Waals surface area contributed by atoms with Crippen LogP contribution in [-0.4, -0.2) is 30.4 Å². The number of benzene rings is 1. The van der Waals surface area contributed by atoms with Gasteiger partial charge in [0, 0.05) is 29.3 Å². The molecule has 1 aromatic heterocycles. The SMILES string of the molecule is Fc1ccc(F)c(CC2OC2N2CCNc3ncc(I)cc32)c1. The number of aromatic nitrogens is 1. The van der Waals surface area contributed by atoms with Gasteiger partial charge < -0.3 is 15.0 Å². The number of rotatable bonds is 3. The molecule has 2 unspecified atom stereocenters. The second kappa shape index (κ2) is 5.86. The fourth-order valence-electron chi connectivity index (χ4n) is 2.94. The highest BCUT2D eigenvalue weighted by Gasteiger charge is 2.45. The van der Waals surface area contributed by atoms with E-state index < -0.39 is 11.6 Å². The summed E-state index contributed by atoms with van der Waals surface area (Å²) >= 11 is 2.22. The highest BCUT2D eigenvalue weighted by molar-refractivity contribution is 14.1. The molecule has 0 saturated carbocycles. The van der Waals surface area contributed by atoms with Gasteiger partial charge in [0.05, 0.1) is 5.69 Å². The van der Waals surface area contributed by atoms with Crippen LogP contribution in [0.25, 0.3) is 0 Å². The molecule has 3 heterocycles. The molecule has 1 saturated heterocycles. The first-order valence-electron chi connectivity index (χ1n) is 7.37. The number of anilines is 2. The summed E-state index contributed by atoms with van der Waals surface area (Å²) in [5.41, 5.74) is 1.35. The topological polar surface area (TPSA) is 40.7 Å². The van der Waals surface area contributed by atoms with Gasteiger partial charge in [-0.05, 0) is 52.4 Å². The standard InChI is InChI=1S/C16H14F2IN3O/c17-10-1-2-12(18)9(5-10)6-14-16(23-14)22-4-3-20-15-13(22)7-11(19)8-21-15/h1-2,5,7-8,14,16H,3-4,6H2,(H,20,21). The van der Waals surface area contributed by atoms with Crippen LogP contribution < -0.4 is 10.2 Å². The summed E-state index contributed by atoms with van der Waals surface area (Å²) in [6.45, 7) is 1.57. The van der Waals surface area contributed by atoms with Crippen LogP contribution in [0.5, 0.6) is 0 Å². The second-order valence-corrected chi connectivity index (χ2v) is 6.89. The number of ether oxygens (including phenoxy) is 1. The van der Waals surface area contributed by atoms with Crippen molar-refractivity contribution in [2.75, 3.05) is 23.3 Å². The molecule has 0 spiro atoms. The fraction of sp³-hybridized carbons (Fsp3) is 0.312. The van der Waals surface area contributed by atoms with Crippen LogP contribution in [0.3, 0.4) is 0 Å². The normalized spacial score (nSPS) is 22.5. The number of nitrogens with one attached hydrogen (secondary N) is 1. The van der Waals surface area contributed by atoms with Crippen molar-refractivity contribution >= 4 is 34.1 Å². The first-order valence-corrected chi connectivity index (χ1v) is 8.45. The van der Waals surface area contributed by atoms with E-state index in [1.165, 1.54) is 6.07 Å². The minimum Gasteiger partial charge on any atom is -0.367 e. The summed E-state index contributed by atoms with van der Waals surface area (Å²) in [5.74, 6) is 0.0188. The maximum absolute atomic E-state index is 13.8. The highest BCUT2D eigenvalue weighted by Crippen LogP contribution is 2.38. The van der Waals surface area contributed by atoms with Crippen molar-refractivity contribution in [3.63, 3.8) is 0 Å². The molecule has 4 rings (SSSR count). The Morgan fingerprint density at radius 2 is 2.22 bits per heavy atom. The summed E-state index contributed by atoms with van der Waals surface area (Å²) in [6, 6.07) is 5.58. The van der Waals surface area contributed by atoms with Crippen LogP contribution in [-0.2, 0) is 11.2 Å². The first kappa shape index (κ1) is 15.1. The van der Waals surface area contributed by atoms with Gasteiger partial charge in [-0.1, -0.05) is 0 Å². The number of fused-ring (bicyclic) bond motifs is 1. The average Bonchev–Trinajstić information content (AvgIpc) is 3.29. The minimum absolute atomic E-state index is 0.112. The van der Waals surface area contributed by atoms with Gasteiger partial charge in [0.15, 0.2) is 6.23 Å². The molecule has 120 valence electrons. The third-order valence-electron chi connectivity index (χ3n) is 4.08. The lowest BCUT2D eigenvalue weighted by molar-refractivity contribution is 0.361. The van der Waals surface area contributed by atoms with Gasteiger partial charge in [-0.15, -0.1) is 0 Å². The molecule has 4 nitrogen and oxygen atoms in total. The van der Waals surface area contributed by atoms with E-state index in [-0.39, 0.29) is 12.3 Å². The molecule has 2 atom stereocenters. The largest absolute Gasteiger partial charge is 0.367 e. The average molecular weight is 429 g/mol. The van der Waals surface area contributed by atoms with Crippen LogP contribution >= 0.6 is 22.6 Å². The number of halogens is 3. The Labute approximate surface area is 146 Å². The lowest BCUT2D eigenvalue weighted by atomic mass is 10.1. The van der Waals surface area contributed by atoms with Crippen LogP contribution in [0.4, 0.5) is 20.3 Å². The van der Waals surface area contributed by atoms with Crippen LogP contribution in [0.2, 0.25) is 0 Å². The van der Waals surface area contributed by atoms with E-state index in [9.17, 15) is 8.78 Å². The zero-order valence-corrected chi connectivity index (χ0v) is 14.3. The van der Waals surface area contributed by atoms with Crippen molar-refractivity contribution in [3.05, 3.63) is 51.2 Å². The molecule has 2 aliphatic rings. The number of nitrogens with zero attached hydrogens (tertiary/aromatic N) is 2. The molecule has 0 aliphatic carbocycles. The van der Waals surface area contributed by atoms with Crippen LogP contribution in [0.1, 0.15) is 5.56 Å². The van der Waals surface area contributed by atoms with E-state index in [4.69, 9.17) is 4.74 Å². The van der Waals surface area contributed by atoms with Gasteiger partial charge >= 0.3 is 0 Å². The predicted octanol–water partition coefficient (Wildman–Crippen LogP) is 3.16. The number of epoxide rings is 1. The van der Waals surface area contributed by atoms with E-state index in [0.717, 1.165) is 40.3 Å². The predicted molar refractivity (Wildman–Crippen MR) is 91.5 cm³/mol. The number of hydrogen-bond donors (Lipinski definition) is 1. The third-order valence-corrected chi connectivity index (χ3v) is 4.67. The van der Waals surface area contributed by atoms with Gasteiger partial charge in [-0.2, -0.15) is 0 Å². The maximum Gasteiger partial charge on any atom is 0.157 e. The van der Waals surface area contributed by atoms with Crippen LogP contribution in [0.15, 0.2) is 30.5 Å². The van der Waals surface area contributed by atoms with Crippen molar-refractivity contribution in [1.29, 1.82) is 0 Å². The lowest BCUT2D eigenvalue weighted by Gasteiger charge is -2.30. The summed E-state index contributed by atoms with van der Waals surface area (Å²) in [6.07, 6.45) is 1.93. The van der Waals surface area contributed by atoms with E-state index in [1.54, 1.807) is 0 Å². The molecule has 2 aliphatic heterocycles. The third kappa shape index (κ3) is 2.99. The monoisotopic (exact) mass is 429 g/mol. The van der Waals surface area contributed by atoms with E-state index in [0.29, 0.717) is 12.0 Å². The molecule has 7 heteroatoms. The van der Waals surface area contributed by atoms with Gasteiger partial charge in [-0.25, -0.2) is 13.8 Å². The molecule has 1 N–H and O–H groups in total. The van der Waals surface area contributed by atoms with E-state index >= 15 is 0 Å². The molecule has 0 bridgehead atoms. The Morgan fingerprint density at radius 1 is 1.35 bits per heavy atom. The molecule has 1 aromatic carbocycles. The Morgan fingerprint density at radius 3 is 3.09 bits per heavy atom. The van der Waals surface area contributed by atoms with Crippen molar-refractivity contribution in [2.24, 2.45) is 0 Å².